The minimum atomic E-state index is -2.87. The van der Waals surface area contributed by atoms with E-state index >= 15 is 0 Å². The maximum absolute atomic E-state index is 13.5. The van der Waals surface area contributed by atoms with Crippen molar-refractivity contribution in [3.8, 4) is 11.3 Å². The van der Waals surface area contributed by atoms with Gasteiger partial charge in [-0.3, -0.25) is 14.6 Å². The van der Waals surface area contributed by atoms with Gasteiger partial charge in [-0.2, -0.15) is 0 Å². The standard InChI is InChI=1S/C24H27N3O3S/c28-22(16-26-11-13-27(14-12-26)19-10-15-31(29,30)17-19)23-20-8-4-5-9-21(20)25-24(23)18-6-2-1-3-7-18/h1-9,19,25H,10-17H2. The van der Waals surface area contributed by atoms with Crippen molar-refractivity contribution < 1.29 is 13.2 Å². The summed E-state index contributed by atoms with van der Waals surface area (Å²) >= 11 is 0. The van der Waals surface area contributed by atoms with Gasteiger partial charge in [-0.1, -0.05) is 48.5 Å². The Kier molecular flexibility index (Phi) is 5.42. The summed E-state index contributed by atoms with van der Waals surface area (Å²) in [5.41, 5.74) is 3.61. The van der Waals surface area contributed by atoms with Crippen LogP contribution < -0.4 is 0 Å². The Labute approximate surface area is 182 Å². The number of Topliss-reactive ketones (excluding diaryl/α,β-unsaturated/α-hetero) is 1. The highest BCUT2D eigenvalue weighted by molar-refractivity contribution is 7.91. The van der Waals surface area contributed by atoms with Crippen LogP contribution in [0.4, 0.5) is 0 Å². The minimum Gasteiger partial charge on any atom is -0.354 e. The van der Waals surface area contributed by atoms with Crippen LogP contribution in [0.1, 0.15) is 16.8 Å². The molecule has 2 saturated heterocycles. The highest BCUT2D eigenvalue weighted by Crippen LogP contribution is 2.31. The summed E-state index contributed by atoms with van der Waals surface area (Å²) in [6, 6.07) is 18.1. The average molecular weight is 438 g/mol. The van der Waals surface area contributed by atoms with Crippen LogP contribution >= 0.6 is 0 Å². The first kappa shape index (κ1) is 20.4. The highest BCUT2D eigenvalue weighted by Gasteiger charge is 2.34. The van der Waals surface area contributed by atoms with E-state index in [2.05, 4.69) is 14.8 Å². The molecule has 2 aromatic carbocycles. The molecule has 5 rings (SSSR count). The Bertz CT molecular complexity index is 1200. The Morgan fingerprint density at radius 3 is 2.39 bits per heavy atom. The molecule has 2 aliphatic heterocycles. The molecule has 6 nitrogen and oxygen atoms in total. The summed E-state index contributed by atoms with van der Waals surface area (Å²) in [6.07, 6.45) is 0.733. The number of aromatic amines is 1. The lowest BCUT2D eigenvalue weighted by atomic mass is 10.0. The zero-order valence-electron chi connectivity index (χ0n) is 17.5. The third-order valence-electron chi connectivity index (χ3n) is 6.55. The van der Waals surface area contributed by atoms with E-state index in [0.29, 0.717) is 12.3 Å². The molecule has 0 aliphatic carbocycles. The van der Waals surface area contributed by atoms with Gasteiger partial charge in [-0.15, -0.1) is 0 Å². The number of sulfone groups is 1. The molecule has 162 valence electrons. The fourth-order valence-electron chi connectivity index (χ4n) is 4.89. The van der Waals surface area contributed by atoms with E-state index in [1.54, 1.807) is 0 Å². The van der Waals surface area contributed by atoms with E-state index in [-0.39, 0.29) is 17.6 Å². The zero-order chi connectivity index (χ0) is 21.4. The van der Waals surface area contributed by atoms with E-state index < -0.39 is 9.84 Å². The second kappa shape index (κ2) is 8.22. The number of rotatable bonds is 5. The number of benzene rings is 2. The molecular formula is C24H27N3O3S. The number of ketones is 1. The lowest BCUT2D eigenvalue weighted by Crippen LogP contribution is -2.51. The first-order chi connectivity index (χ1) is 15.0. The highest BCUT2D eigenvalue weighted by atomic mass is 32.2. The van der Waals surface area contributed by atoms with Gasteiger partial charge in [0.05, 0.1) is 29.3 Å². The Morgan fingerprint density at radius 1 is 0.968 bits per heavy atom. The number of nitrogens with zero attached hydrogens (tertiary/aromatic N) is 2. The normalized spacial score (nSPS) is 22.1. The van der Waals surface area contributed by atoms with Crippen LogP contribution in [0.15, 0.2) is 54.6 Å². The largest absolute Gasteiger partial charge is 0.354 e. The number of aromatic nitrogens is 1. The predicted octanol–water partition coefficient (Wildman–Crippen LogP) is 2.82. The van der Waals surface area contributed by atoms with Crippen LogP contribution in [-0.2, 0) is 9.84 Å². The van der Waals surface area contributed by atoms with Crippen molar-refractivity contribution in [2.75, 3.05) is 44.2 Å². The smallest absolute Gasteiger partial charge is 0.179 e. The summed E-state index contributed by atoms with van der Waals surface area (Å²) in [6.45, 7) is 3.56. The first-order valence-corrected chi connectivity index (χ1v) is 12.7. The monoisotopic (exact) mass is 437 g/mol. The third kappa shape index (κ3) is 4.18. The van der Waals surface area contributed by atoms with Crippen LogP contribution in [0.5, 0.6) is 0 Å². The van der Waals surface area contributed by atoms with Crippen LogP contribution in [0.3, 0.4) is 0 Å². The maximum Gasteiger partial charge on any atom is 0.179 e. The number of hydrogen-bond acceptors (Lipinski definition) is 5. The van der Waals surface area contributed by atoms with Crippen molar-refractivity contribution in [2.45, 2.75) is 12.5 Å². The second-order valence-electron chi connectivity index (χ2n) is 8.58. The quantitative estimate of drug-likeness (QED) is 0.622. The van der Waals surface area contributed by atoms with E-state index in [0.717, 1.165) is 60.3 Å². The van der Waals surface area contributed by atoms with Crippen LogP contribution in [0, 0.1) is 0 Å². The number of H-pyrrole nitrogens is 1. The molecule has 3 aromatic rings. The number of para-hydroxylation sites is 1. The van der Waals surface area contributed by atoms with Crippen molar-refractivity contribution in [2.24, 2.45) is 0 Å². The van der Waals surface area contributed by atoms with Gasteiger partial charge in [0.1, 0.15) is 0 Å². The first-order valence-electron chi connectivity index (χ1n) is 10.9. The summed E-state index contributed by atoms with van der Waals surface area (Å²) in [7, 11) is -2.87. The van der Waals surface area contributed by atoms with Gasteiger partial charge in [-0.25, -0.2) is 8.42 Å². The number of hydrogen-bond donors (Lipinski definition) is 1. The molecular weight excluding hydrogens is 410 g/mol. The molecule has 2 aliphatic rings. The fourth-order valence-corrected chi connectivity index (χ4v) is 6.65. The number of nitrogens with one attached hydrogen (secondary N) is 1. The van der Waals surface area contributed by atoms with Crippen molar-refractivity contribution >= 4 is 26.5 Å². The number of piperazine rings is 1. The van der Waals surface area contributed by atoms with Crippen molar-refractivity contribution in [3.63, 3.8) is 0 Å². The Hall–Kier alpha value is -2.48. The van der Waals surface area contributed by atoms with Crippen LogP contribution in [-0.4, -0.2) is 79.3 Å². The molecule has 31 heavy (non-hydrogen) atoms. The molecule has 1 atom stereocenters. The van der Waals surface area contributed by atoms with Gasteiger partial charge < -0.3 is 4.98 Å². The van der Waals surface area contributed by atoms with Crippen molar-refractivity contribution in [1.82, 2.24) is 14.8 Å². The number of fused-ring (bicyclic) bond motifs is 1. The lowest BCUT2D eigenvalue weighted by molar-refractivity contribution is 0.0798. The van der Waals surface area contributed by atoms with E-state index in [1.165, 1.54) is 0 Å². The predicted molar refractivity (Wildman–Crippen MR) is 123 cm³/mol. The molecule has 1 unspecified atom stereocenters. The zero-order valence-corrected chi connectivity index (χ0v) is 18.3. The topological polar surface area (TPSA) is 73.5 Å². The Balaban J connectivity index is 1.32. The molecule has 2 fully saturated rings. The Morgan fingerprint density at radius 2 is 1.68 bits per heavy atom. The summed E-state index contributed by atoms with van der Waals surface area (Å²) in [4.78, 5) is 21.4. The molecule has 0 radical (unpaired) electrons. The SMILES string of the molecule is O=C(CN1CCN(C2CCS(=O)(=O)C2)CC1)c1c(-c2ccccc2)[nH]c2ccccc12. The molecule has 7 heteroatoms. The molecule has 0 bridgehead atoms. The van der Waals surface area contributed by atoms with Gasteiger partial charge in [-0.05, 0) is 18.1 Å². The van der Waals surface area contributed by atoms with E-state index in [9.17, 15) is 13.2 Å². The lowest BCUT2D eigenvalue weighted by Gasteiger charge is -2.37. The maximum atomic E-state index is 13.5. The van der Waals surface area contributed by atoms with Crippen molar-refractivity contribution in [3.05, 3.63) is 60.2 Å². The molecule has 0 spiro atoms. The van der Waals surface area contributed by atoms with Gasteiger partial charge in [0.2, 0.25) is 0 Å². The fraction of sp³-hybridized carbons (Fsp3) is 0.375. The van der Waals surface area contributed by atoms with Gasteiger partial charge in [0, 0.05) is 43.1 Å². The number of carbonyl (C=O) groups excluding carboxylic acids is 1. The molecule has 0 saturated carbocycles. The molecule has 1 aromatic heterocycles. The third-order valence-corrected chi connectivity index (χ3v) is 8.30. The summed E-state index contributed by atoms with van der Waals surface area (Å²) < 4.78 is 23.6. The van der Waals surface area contributed by atoms with E-state index in [4.69, 9.17) is 0 Å². The van der Waals surface area contributed by atoms with Crippen molar-refractivity contribution in [1.29, 1.82) is 0 Å². The number of carbonyl (C=O) groups is 1. The minimum absolute atomic E-state index is 0.119. The van der Waals surface area contributed by atoms with E-state index in [1.807, 2.05) is 54.6 Å². The molecule has 1 N–H and O–H groups in total. The van der Waals surface area contributed by atoms with Crippen LogP contribution in [0.2, 0.25) is 0 Å². The summed E-state index contributed by atoms with van der Waals surface area (Å²) in [5, 5.41) is 0.959. The summed E-state index contributed by atoms with van der Waals surface area (Å²) in [5.74, 6) is 0.703. The van der Waals surface area contributed by atoms with Gasteiger partial charge in [0.15, 0.2) is 15.6 Å². The molecule has 3 heterocycles. The van der Waals surface area contributed by atoms with Gasteiger partial charge in [0.25, 0.3) is 0 Å². The second-order valence-corrected chi connectivity index (χ2v) is 10.8. The average Bonchev–Trinajstić information content (AvgIpc) is 3.35. The molecule has 0 amide bonds. The van der Waals surface area contributed by atoms with Gasteiger partial charge >= 0.3 is 0 Å². The van der Waals surface area contributed by atoms with Crippen LogP contribution in [0.25, 0.3) is 22.2 Å².